The van der Waals surface area contributed by atoms with E-state index in [0.717, 1.165) is 10.7 Å². The van der Waals surface area contributed by atoms with Crippen molar-refractivity contribution >= 4 is 11.6 Å². The highest BCUT2D eigenvalue weighted by Gasteiger charge is 2.19. The summed E-state index contributed by atoms with van der Waals surface area (Å²) in [5, 5.41) is 5.05. The molecule has 1 aliphatic carbocycles. The summed E-state index contributed by atoms with van der Waals surface area (Å²) < 4.78 is 1.95. The molecule has 1 saturated carbocycles. The van der Waals surface area contributed by atoms with Gasteiger partial charge in [0.1, 0.15) is 5.15 Å². The Hall–Kier alpha value is -0.540. The minimum absolute atomic E-state index is 0.478. The van der Waals surface area contributed by atoms with Crippen LogP contribution in [0.1, 0.15) is 43.7 Å². The van der Waals surface area contributed by atoms with Crippen molar-refractivity contribution in [2.24, 2.45) is 5.73 Å². The fraction of sp³-hybridized carbons (Fsp3) is 0.700. The molecule has 1 aliphatic rings. The molecule has 78 valence electrons. The van der Waals surface area contributed by atoms with Crippen LogP contribution in [0.5, 0.6) is 0 Å². The molecule has 0 saturated heterocycles. The van der Waals surface area contributed by atoms with Gasteiger partial charge in [0.05, 0.1) is 12.2 Å². The first-order valence-corrected chi connectivity index (χ1v) is 5.62. The Morgan fingerprint density at radius 3 is 2.71 bits per heavy atom. The van der Waals surface area contributed by atoms with E-state index in [1.54, 1.807) is 6.20 Å². The third-order valence-corrected chi connectivity index (χ3v) is 3.36. The Balaban J connectivity index is 2.18. The molecule has 0 atom stereocenters. The highest BCUT2D eigenvalue weighted by Crippen LogP contribution is 2.30. The number of hydrogen-bond acceptors (Lipinski definition) is 2. The number of halogens is 1. The maximum absolute atomic E-state index is 6.18. The summed E-state index contributed by atoms with van der Waals surface area (Å²) >= 11 is 6.18. The molecule has 0 aromatic carbocycles. The fourth-order valence-electron chi connectivity index (χ4n) is 2.10. The summed E-state index contributed by atoms with van der Waals surface area (Å²) in [5.74, 6) is 0. The largest absolute Gasteiger partial charge is 0.326 e. The molecule has 14 heavy (non-hydrogen) atoms. The van der Waals surface area contributed by atoms with Crippen LogP contribution in [0.3, 0.4) is 0 Å². The van der Waals surface area contributed by atoms with Gasteiger partial charge in [-0.05, 0) is 12.8 Å². The van der Waals surface area contributed by atoms with Gasteiger partial charge in [-0.2, -0.15) is 5.10 Å². The molecule has 2 N–H and O–H groups in total. The van der Waals surface area contributed by atoms with Crippen LogP contribution in [0.2, 0.25) is 5.15 Å². The zero-order valence-electron chi connectivity index (χ0n) is 8.25. The van der Waals surface area contributed by atoms with E-state index in [4.69, 9.17) is 17.3 Å². The summed E-state index contributed by atoms with van der Waals surface area (Å²) in [6.07, 6.45) is 8.12. The Morgan fingerprint density at radius 2 is 2.14 bits per heavy atom. The second-order valence-corrected chi connectivity index (χ2v) is 4.26. The van der Waals surface area contributed by atoms with Crippen molar-refractivity contribution in [1.29, 1.82) is 0 Å². The van der Waals surface area contributed by atoms with Crippen molar-refractivity contribution in [2.75, 3.05) is 0 Å². The van der Waals surface area contributed by atoms with E-state index in [1.165, 1.54) is 32.1 Å². The normalized spacial score (nSPS) is 18.7. The molecule has 1 aromatic rings. The van der Waals surface area contributed by atoms with Gasteiger partial charge in [-0.25, -0.2) is 0 Å². The van der Waals surface area contributed by atoms with Crippen LogP contribution >= 0.6 is 11.6 Å². The highest BCUT2D eigenvalue weighted by atomic mass is 35.5. The van der Waals surface area contributed by atoms with Crippen LogP contribution in [0, 0.1) is 0 Å². The smallest absolute Gasteiger partial charge is 0.131 e. The average Bonchev–Trinajstić information content (AvgIpc) is 2.61. The summed E-state index contributed by atoms with van der Waals surface area (Å²) in [7, 11) is 0. The molecule has 0 bridgehead atoms. The van der Waals surface area contributed by atoms with Crippen LogP contribution in [-0.4, -0.2) is 9.78 Å². The predicted molar refractivity (Wildman–Crippen MR) is 57.3 cm³/mol. The van der Waals surface area contributed by atoms with Crippen LogP contribution in [0.4, 0.5) is 0 Å². The second-order valence-electron chi connectivity index (χ2n) is 3.90. The van der Waals surface area contributed by atoms with Crippen molar-refractivity contribution in [3.63, 3.8) is 0 Å². The zero-order chi connectivity index (χ0) is 9.97. The van der Waals surface area contributed by atoms with Gasteiger partial charge in [0, 0.05) is 12.1 Å². The lowest BCUT2D eigenvalue weighted by atomic mass is 9.96. The first-order chi connectivity index (χ1) is 6.83. The molecule has 0 radical (unpaired) electrons. The van der Waals surface area contributed by atoms with Gasteiger partial charge in [0.15, 0.2) is 0 Å². The standard InChI is InChI=1S/C10H16ClN3/c11-10-8(6-12)7-13-14(10)9-4-2-1-3-5-9/h7,9H,1-6,12H2. The first-order valence-electron chi connectivity index (χ1n) is 5.25. The SMILES string of the molecule is NCc1cnn(C2CCCCC2)c1Cl. The van der Waals surface area contributed by atoms with E-state index in [0.29, 0.717) is 12.6 Å². The monoisotopic (exact) mass is 213 g/mol. The lowest BCUT2D eigenvalue weighted by molar-refractivity contribution is 0.330. The third kappa shape index (κ3) is 1.79. The quantitative estimate of drug-likeness (QED) is 0.821. The zero-order valence-corrected chi connectivity index (χ0v) is 9.00. The number of nitrogens with two attached hydrogens (primary N) is 1. The number of rotatable bonds is 2. The van der Waals surface area contributed by atoms with Gasteiger partial charge in [-0.1, -0.05) is 30.9 Å². The number of hydrogen-bond donors (Lipinski definition) is 1. The summed E-state index contributed by atoms with van der Waals surface area (Å²) in [4.78, 5) is 0. The topological polar surface area (TPSA) is 43.8 Å². The Bertz CT molecular complexity index is 302. The maximum Gasteiger partial charge on any atom is 0.131 e. The Morgan fingerprint density at radius 1 is 1.43 bits per heavy atom. The van der Waals surface area contributed by atoms with Crippen LogP contribution < -0.4 is 5.73 Å². The van der Waals surface area contributed by atoms with Crippen molar-refractivity contribution < 1.29 is 0 Å². The lowest BCUT2D eigenvalue weighted by Gasteiger charge is -2.22. The third-order valence-electron chi connectivity index (χ3n) is 2.94. The van der Waals surface area contributed by atoms with Gasteiger partial charge >= 0.3 is 0 Å². The molecule has 3 nitrogen and oxygen atoms in total. The van der Waals surface area contributed by atoms with Gasteiger partial charge < -0.3 is 5.73 Å². The lowest BCUT2D eigenvalue weighted by Crippen LogP contribution is -2.14. The molecule has 1 heterocycles. The molecule has 1 fully saturated rings. The average molecular weight is 214 g/mol. The Kier molecular flexibility index (Phi) is 3.08. The Labute approximate surface area is 89.2 Å². The molecular weight excluding hydrogens is 198 g/mol. The van der Waals surface area contributed by atoms with Crippen molar-refractivity contribution in [2.45, 2.75) is 44.7 Å². The van der Waals surface area contributed by atoms with Gasteiger partial charge in [0.25, 0.3) is 0 Å². The van der Waals surface area contributed by atoms with Crippen LogP contribution in [0.25, 0.3) is 0 Å². The van der Waals surface area contributed by atoms with Gasteiger partial charge in [-0.3, -0.25) is 4.68 Å². The molecule has 0 unspecified atom stereocenters. The van der Waals surface area contributed by atoms with Crippen LogP contribution in [0.15, 0.2) is 6.20 Å². The molecule has 0 spiro atoms. The van der Waals surface area contributed by atoms with E-state index >= 15 is 0 Å². The van der Waals surface area contributed by atoms with Crippen LogP contribution in [-0.2, 0) is 6.54 Å². The number of aromatic nitrogens is 2. The predicted octanol–water partition coefficient (Wildman–Crippen LogP) is 2.50. The van der Waals surface area contributed by atoms with E-state index < -0.39 is 0 Å². The number of nitrogens with zero attached hydrogens (tertiary/aromatic N) is 2. The fourth-order valence-corrected chi connectivity index (χ4v) is 2.41. The van der Waals surface area contributed by atoms with E-state index in [-0.39, 0.29) is 0 Å². The molecule has 0 amide bonds. The molecule has 4 heteroatoms. The van der Waals surface area contributed by atoms with Gasteiger partial charge in [-0.15, -0.1) is 0 Å². The molecule has 1 aromatic heterocycles. The first kappa shape index (κ1) is 9.99. The minimum Gasteiger partial charge on any atom is -0.326 e. The van der Waals surface area contributed by atoms with Crippen molar-refractivity contribution in [1.82, 2.24) is 9.78 Å². The molecule has 2 rings (SSSR count). The molecular formula is C10H16ClN3. The van der Waals surface area contributed by atoms with Gasteiger partial charge in [0.2, 0.25) is 0 Å². The van der Waals surface area contributed by atoms with E-state index in [9.17, 15) is 0 Å². The minimum atomic E-state index is 0.478. The van der Waals surface area contributed by atoms with Crippen molar-refractivity contribution in [3.8, 4) is 0 Å². The summed E-state index contributed by atoms with van der Waals surface area (Å²) in [6.45, 7) is 0.478. The maximum atomic E-state index is 6.18. The molecule has 0 aliphatic heterocycles. The second kappa shape index (κ2) is 4.32. The van der Waals surface area contributed by atoms with E-state index in [2.05, 4.69) is 5.10 Å². The van der Waals surface area contributed by atoms with Crippen molar-refractivity contribution in [3.05, 3.63) is 16.9 Å². The highest BCUT2D eigenvalue weighted by molar-refractivity contribution is 6.30. The summed E-state index contributed by atoms with van der Waals surface area (Å²) in [6, 6.07) is 0.497. The van der Waals surface area contributed by atoms with E-state index in [1.807, 2.05) is 4.68 Å². The summed E-state index contributed by atoms with van der Waals surface area (Å²) in [5.41, 5.74) is 6.51.